The second kappa shape index (κ2) is 12.5. The van der Waals surface area contributed by atoms with E-state index in [0.29, 0.717) is 29.3 Å². The lowest BCUT2D eigenvalue weighted by molar-refractivity contribution is -0.112. The third-order valence-electron chi connectivity index (χ3n) is 5.58. The number of carbonyl (C=O) groups is 2. The molecule has 184 valence electrons. The summed E-state index contributed by atoms with van der Waals surface area (Å²) in [5.41, 5.74) is 8.41. The first kappa shape index (κ1) is 25.7. The molecule has 1 heterocycles. The molecular formula is C27H34N6O2. The summed E-state index contributed by atoms with van der Waals surface area (Å²) in [6.07, 6.45) is 3.48. The molecule has 0 bridgehead atoms. The van der Waals surface area contributed by atoms with E-state index in [0.717, 1.165) is 38.0 Å². The summed E-state index contributed by atoms with van der Waals surface area (Å²) in [4.78, 5) is 34.3. The van der Waals surface area contributed by atoms with Gasteiger partial charge in [-0.05, 0) is 44.6 Å². The van der Waals surface area contributed by atoms with Gasteiger partial charge in [0.1, 0.15) is 11.5 Å². The van der Waals surface area contributed by atoms with Crippen LogP contribution in [0.3, 0.4) is 0 Å². The molecule has 0 radical (unpaired) electrons. The molecule has 0 aliphatic carbocycles. The van der Waals surface area contributed by atoms with E-state index >= 15 is 0 Å². The number of benzene rings is 2. The van der Waals surface area contributed by atoms with Crippen molar-refractivity contribution in [3.8, 4) is 0 Å². The number of nitrogens with zero attached hydrogens (tertiary/aromatic N) is 3. The summed E-state index contributed by atoms with van der Waals surface area (Å²) in [6, 6.07) is 16.6. The van der Waals surface area contributed by atoms with Gasteiger partial charge in [-0.2, -0.15) is 0 Å². The van der Waals surface area contributed by atoms with Gasteiger partial charge in [-0.25, -0.2) is 4.99 Å². The van der Waals surface area contributed by atoms with Crippen LogP contribution in [0.5, 0.6) is 0 Å². The highest BCUT2D eigenvalue weighted by Crippen LogP contribution is 2.20. The van der Waals surface area contributed by atoms with E-state index in [2.05, 4.69) is 22.2 Å². The largest absolute Gasteiger partial charge is 0.394 e. The molecule has 1 aliphatic rings. The molecule has 1 fully saturated rings. The summed E-state index contributed by atoms with van der Waals surface area (Å²) in [5.74, 6) is -0.179. The fraction of sp³-hybridized carbons (Fsp3) is 0.296. The molecule has 8 heteroatoms. The van der Waals surface area contributed by atoms with E-state index in [-0.39, 0.29) is 11.6 Å². The summed E-state index contributed by atoms with van der Waals surface area (Å²) < 4.78 is 0. The van der Waals surface area contributed by atoms with Gasteiger partial charge in [0.2, 0.25) is 0 Å². The lowest BCUT2D eigenvalue weighted by Crippen LogP contribution is -2.32. The minimum absolute atomic E-state index is 0.0367. The van der Waals surface area contributed by atoms with E-state index in [1.54, 1.807) is 29.2 Å². The molecule has 2 aromatic carbocycles. The van der Waals surface area contributed by atoms with Gasteiger partial charge in [0.15, 0.2) is 0 Å². The maximum Gasteiger partial charge on any atom is 0.271 e. The topological polar surface area (TPSA) is 103 Å². The number of likely N-dealkylation sites (N-methyl/N-ethyl adjacent to an activating group) is 1. The minimum Gasteiger partial charge on any atom is -0.394 e. The zero-order chi connectivity index (χ0) is 25.2. The van der Waals surface area contributed by atoms with Crippen molar-refractivity contribution in [3.05, 3.63) is 84.1 Å². The van der Waals surface area contributed by atoms with E-state index in [1.807, 2.05) is 49.3 Å². The van der Waals surface area contributed by atoms with Crippen LogP contribution < -0.4 is 16.4 Å². The molecule has 1 aliphatic heterocycles. The third-order valence-corrected chi connectivity index (χ3v) is 5.58. The minimum atomic E-state index is -0.515. The van der Waals surface area contributed by atoms with E-state index in [9.17, 15) is 9.59 Å². The fourth-order valence-electron chi connectivity index (χ4n) is 3.65. The summed E-state index contributed by atoms with van der Waals surface area (Å²) in [6.45, 7) is 6.87. The number of likely N-dealkylation sites (tertiary alicyclic amines) is 1. The van der Waals surface area contributed by atoms with Crippen molar-refractivity contribution in [2.45, 2.75) is 12.8 Å². The quantitative estimate of drug-likeness (QED) is 0.295. The number of nitrogens with two attached hydrogens (primary N) is 1. The number of anilines is 1. The van der Waals surface area contributed by atoms with Gasteiger partial charge in [-0.15, -0.1) is 0 Å². The standard InChI is InChI=1S/C27H34N6O2/c1-20(21-11-5-4-6-12-21)30-25(29-15-18-32(2)3)19-23(28)26(34)31-24-14-8-7-13-22(24)27(35)33-16-9-10-17-33/h4-8,11-14,19H,1,9-10,15-18,28H2,2-3H3,(H,29,30)(H,31,34)/b23-19-. The number of aliphatic imine (C=N–C) groups is 1. The number of amides is 2. The second-order valence-electron chi connectivity index (χ2n) is 8.64. The SMILES string of the molecule is C=C(/N=C(\C=C(/N)C(=O)Nc1ccccc1C(=O)N1CCCC1)NCCN(C)C)c1ccccc1. The second-order valence-corrected chi connectivity index (χ2v) is 8.64. The molecule has 35 heavy (non-hydrogen) atoms. The number of hydrogen-bond donors (Lipinski definition) is 3. The molecule has 2 aromatic rings. The molecule has 0 unspecified atom stereocenters. The maximum absolute atomic E-state index is 12.9. The maximum atomic E-state index is 12.9. The fourth-order valence-corrected chi connectivity index (χ4v) is 3.65. The molecule has 4 N–H and O–H groups in total. The average Bonchev–Trinajstić information content (AvgIpc) is 3.39. The third kappa shape index (κ3) is 7.55. The first-order chi connectivity index (χ1) is 16.8. The molecule has 0 atom stereocenters. The van der Waals surface area contributed by atoms with Gasteiger partial charge >= 0.3 is 0 Å². The van der Waals surface area contributed by atoms with Gasteiger partial charge in [-0.3, -0.25) is 9.59 Å². The van der Waals surface area contributed by atoms with Gasteiger partial charge in [-0.1, -0.05) is 49.0 Å². The first-order valence-electron chi connectivity index (χ1n) is 11.7. The van der Waals surface area contributed by atoms with Crippen molar-refractivity contribution in [3.63, 3.8) is 0 Å². The van der Waals surface area contributed by atoms with Crippen LogP contribution in [-0.4, -0.2) is 67.7 Å². The molecule has 0 aromatic heterocycles. The Bertz CT molecular complexity index is 1100. The number of hydrogen-bond acceptors (Lipinski definition) is 5. The van der Waals surface area contributed by atoms with E-state index in [1.165, 1.54) is 6.08 Å². The van der Waals surface area contributed by atoms with Crippen LogP contribution in [0.1, 0.15) is 28.8 Å². The van der Waals surface area contributed by atoms with Crippen molar-refractivity contribution in [2.24, 2.45) is 10.7 Å². The molecular weight excluding hydrogens is 440 g/mol. The number of rotatable bonds is 9. The first-order valence-corrected chi connectivity index (χ1v) is 11.7. The summed E-state index contributed by atoms with van der Waals surface area (Å²) in [7, 11) is 3.94. The predicted octanol–water partition coefficient (Wildman–Crippen LogP) is 2.92. The number of carbonyl (C=O) groups excluding carboxylic acids is 2. The van der Waals surface area contributed by atoms with Gasteiger partial charge in [0, 0.05) is 32.3 Å². The highest BCUT2D eigenvalue weighted by Gasteiger charge is 2.22. The van der Waals surface area contributed by atoms with Crippen molar-refractivity contribution >= 4 is 29.0 Å². The van der Waals surface area contributed by atoms with Crippen molar-refractivity contribution in [1.29, 1.82) is 0 Å². The van der Waals surface area contributed by atoms with Crippen LogP contribution in [0.4, 0.5) is 5.69 Å². The van der Waals surface area contributed by atoms with Crippen molar-refractivity contribution in [1.82, 2.24) is 15.1 Å². The molecule has 8 nitrogen and oxygen atoms in total. The van der Waals surface area contributed by atoms with E-state index < -0.39 is 5.91 Å². The zero-order valence-corrected chi connectivity index (χ0v) is 20.5. The van der Waals surface area contributed by atoms with Crippen LogP contribution in [-0.2, 0) is 4.79 Å². The van der Waals surface area contributed by atoms with Gasteiger partial charge in [0.05, 0.1) is 16.9 Å². The molecule has 0 saturated carbocycles. The highest BCUT2D eigenvalue weighted by atomic mass is 16.2. The lowest BCUT2D eigenvalue weighted by atomic mass is 10.1. The molecule has 1 saturated heterocycles. The Morgan fingerprint density at radius 2 is 1.74 bits per heavy atom. The number of amidine groups is 1. The highest BCUT2D eigenvalue weighted by molar-refractivity contribution is 6.11. The summed E-state index contributed by atoms with van der Waals surface area (Å²) >= 11 is 0. The lowest BCUT2D eigenvalue weighted by Gasteiger charge is -2.18. The number of para-hydroxylation sites is 1. The van der Waals surface area contributed by atoms with Gasteiger partial charge < -0.3 is 26.2 Å². The normalized spacial score (nSPS) is 14.2. The molecule has 0 spiro atoms. The Hall–Kier alpha value is -3.91. The Kier molecular flexibility index (Phi) is 9.20. The molecule has 2 amide bonds. The average molecular weight is 475 g/mol. The molecule has 3 rings (SSSR count). The summed E-state index contributed by atoms with van der Waals surface area (Å²) in [5, 5.41) is 6.00. The van der Waals surface area contributed by atoms with Crippen molar-refractivity contribution < 1.29 is 9.59 Å². The monoisotopic (exact) mass is 474 g/mol. The van der Waals surface area contributed by atoms with Crippen LogP contribution in [0.15, 0.2) is 77.9 Å². The Labute approximate surface area is 207 Å². The number of nitrogens with one attached hydrogen (secondary N) is 2. The Morgan fingerprint density at radius 1 is 1.09 bits per heavy atom. The smallest absolute Gasteiger partial charge is 0.271 e. The van der Waals surface area contributed by atoms with Gasteiger partial charge in [0.25, 0.3) is 11.8 Å². The van der Waals surface area contributed by atoms with Crippen LogP contribution in [0, 0.1) is 0 Å². The zero-order valence-electron chi connectivity index (χ0n) is 20.5. The predicted molar refractivity (Wildman–Crippen MR) is 142 cm³/mol. The van der Waals surface area contributed by atoms with Crippen LogP contribution in [0.2, 0.25) is 0 Å². The van der Waals surface area contributed by atoms with Crippen LogP contribution in [0.25, 0.3) is 5.70 Å². The van der Waals surface area contributed by atoms with Crippen LogP contribution >= 0.6 is 0 Å². The van der Waals surface area contributed by atoms with Crippen molar-refractivity contribution in [2.75, 3.05) is 45.6 Å². The Balaban J connectivity index is 1.78. The van der Waals surface area contributed by atoms with E-state index in [4.69, 9.17) is 5.73 Å². The Morgan fingerprint density at radius 3 is 2.43 bits per heavy atom.